The second kappa shape index (κ2) is 8.93. The molecular formula is C22H20N4O3S2. The number of sulfonamides is 1. The largest absolute Gasteiger partial charge is 0.325 e. The summed E-state index contributed by atoms with van der Waals surface area (Å²) in [6.07, 6.45) is 0.197. The molecule has 1 atom stereocenters. The smallest absolute Gasteiger partial charge is 0.243 e. The predicted octanol–water partition coefficient (Wildman–Crippen LogP) is 3.53. The van der Waals surface area contributed by atoms with Crippen LogP contribution in [0.3, 0.4) is 0 Å². The van der Waals surface area contributed by atoms with Crippen LogP contribution in [0.4, 0.5) is 5.69 Å². The normalized spacial score (nSPS) is 12.5. The molecule has 3 aromatic carbocycles. The van der Waals surface area contributed by atoms with Gasteiger partial charge in [0.15, 0.2) is 0 Å². The van der Waals surface area contributed by atoms with Crippen LogP contribution in [-0.4, -0.2) is 29.1 Å². The Labute approximate surface area is 184 Å². The molecule has 0 aliphatic heterocycles. The summed E-state index contributed by atoms with van der Waals surface area (Å²) in [7, 11) is -4.03. The average Bonchev–Trinajstić information content (AvgIpc) is 3.22. The van der Waals surface area contributed by atoms with Gasteiger partial charge < -0.3 is 5.32 Å². The Hall–Kier alpha value is -3.14. The predicted molar refractivity (Wildman–Crippen MR) is 121 cm³/mol. The van der Waals surface area contributed by atoms with Crippen LogP contribution in [0.1, 0.15) is 11.1 Å². The molecule has 158 valence electrons. The van der Waals surface area contributed by atoms with Gasteiger partial charge in [0, 0.05) is 5.69 Å². The highest BCUT2D eigenvalue weighted by Crippen LogP contribution is 2.22. The van der Waals surface area contributed by atoms with Crippen molar-refractivity contribution < 1.29 is 13.2 Å². The first-order chi connectivity index (χ1) is 14.9. The Morgan fingerprint density at radius 2 is 1.77 bits per heavy atom. The quantitative estimate of drug-likeness (QED) is 0.447. The Morgan fingerprint density at radius 3 is 2.55 bits per heavy atom. The van der Waals surface area contributed by atoms with Crippen LogP contribution in [0, 0.1) is 6.92 Å². The monoisotopic (exact) mass is 452 g/mol. The molecule has 2 N–H and O–H groups in total. The summed E-state index contributed by atoms with van der Waals surface area (Å²) in [5.74, 6) is -0.443. The zero-order valence-electron chi connectivity index (χ0n) is 16.6. The number of anilines is 1. The molecule has 0 spiro atoms. The first kappa shape index (κ1) is 21.1. The van der Waals surface area contributed by atoms with Crippen molar-refractivity contribution in [3.8, 4) is 0 Å². The van der Waals surface area contributed by atoms with Crippen LogP contribution >= 0.6 is 11.7 Å². The van der Waals surface area contributed by atoms with Gasteiger partial charge in [0.05, 0.1) is 11.7 Å². The number of fused-ring (bicyclic) bond motifs is 1. The number of carbonyl (C=O) groups is 1. The molecular weight excluding hydrogens is 432 g/mol. The number of amides is 1. The molecule has 0 aliphatic carbocycles. The lowest BCUT2D eigenvalue weighted by Crippen LogP contribution is -2.45. The second-order valence-electron chi connectivity index (χ2n) is 7.11. The zero-order valence-corrected chi connectivity index (χ0v) is 18.3. The molecule has 0 radical (unpaired) electrons. The van der Waals surface area contributed by atoms with E-state index in [-0.39, 0.29) is 16.8 Å². The van der Waals surface area contributed by atoms with Crippen LogP contribution < -0.4 is 10.0 Å². The molecule has 1 heterocycles. The Balaban J connectivity index is 1.65. The summed E-state index contributed by atoms with van der Waals surface area (Å²) in [6, 6.07) is 20.4. The minimum absolute atomic E-state index is 0.000155. The fraction of sp³-hybridized carbons (Fsp3) is 0.136. The Bertz CT molecular complexity index is 1320. The molecule has 31 heavy (non-hydrogen) atoms. The van der Waals surface area contributed by atoms with Crippen LogP contribution in [0.15, 0.2) is 77.7 Å². The molecule has 1 aromatic heterocycles. The maximum atomic E-state index is 13.2. The highest BCUT2D eigenvalue weighted by atomic mass is 32.2. The maximum absolute atomic E-state index is 13.2. The van der Waals surface area contributed by atoms with Gasteiger partial charge in [-0.1, -0.05) is 48.5 Å². The van der Waals surface area contributed by atoms with E-state index in [9.17, 15) is 13.2 Å². The van der Waals surface area contributed by atoms with Crippen molar-refractivity contribution in [1.82, 2.24) is 13.5 Å². The van der Waals surface area contributed by atoms with Crippen LogP contribution in [0.25, 0.3) is 11.0 Å². The van der Waals surface area contributed by atoms with Gasteiger partial charge in [-0.15, -0.1) is 0 Å². The maximum Gasteiger partial charge on any atom is 0.243 e. The number of benzene rings is 3. The van der Waals surface area contributed by atoms with E-state index in [4.69, 9.17) is 0 Å². The molecule has 1 amide bonds. The van der Waals surface area contributed by atoms with E-state index in [1.165, 1.54) is 6.07 Å². The minimum Gasteiger partial charge on any atom is -0.325 e. The molecule has 0 saturated heterocycles. The number of nitrogens with zero attached hydrogens (tertiary/aromatic N) is 2. The first-order valence-corrected chi connectivity index (χ1v) is 11.8. The lowest BCUT2D eigenvalue weighted by atomic mass is 10.1. The van der Waals surface area contributed by atoms with Gasteiger partial charge in [-0.3, -0.25) is 4.79 Å². The van der Waals surface area contributed by atoms with Gasteiger partial charge in [-0.25, -0.2) is 8.42 Å². The van der Waals surface area contributed by atoms with Gasteiger partial charge in [0.2, 0.25) is 15.9 Å². The average molecular weight is 453 g/mol. The summed E-state index contributed by atoms with van der Waals surface area (Å²) in [6.45, 7) is 1.92. The highest BCUT2D eigenvalue weighted by molar-refractivity contribution is 7.89. The van der Waals surface area contributed by atoms with Gasteiger partial charge in [-0.05, 0) is 48.7 Å². The van der Waals surface area contributed by atoms with Crippen molar-refractivity contribution in [2.24, 2.45) is 0 Å². The SMILES string of the molecule is Cc1cccc(NC(=O)C(Cc2ccccc2)NS(=O)(=O)c2cccc3nsnc23)c1. The number of hydrogen-bond acceptors (Lipinski definition) is 6. The molecule has 9 heteroatoms. The van der Waals surface area contributed by atoms with Crippen molar-refractivity contribution in [2.45, 2.75) is 24.3 Å². The number of carbonyl (C=O) groups excluding carboxylic acids is 1. The molecule has 4 rings (SSSR count). The fourth-order valence-electron chi connectivity index (χ4n) is 3.24. The van der Waals surface area contributed by atoms with Crippen LogP contribution in [0.5, 0.6) is 0 Å². The minimum atomic E-state index is -4.03. The summed E-state index contributed by atoms with van der Waals surface area (Å²) < 4.78 is 37.2. The van der Waals surface area contributed by atoms with Crippen molar-refractivity contribution in [1.29, 1.82) is 0 Å². The molecule has 0 aliphatic rings. The van der Waals surface area contributed by atoms with E-state index < -0.39 is 22.0 Å². The van der Waals surface area contributed by atoms with Gasteiger partial charge in [0.1, 0.15) is 22.0 Å². The standard InChI is InChI=1S/C22H20N4O3S2/c1-15-7-5-10-17(13-15)23-22(27)19(14-16-8-3-2-4-9-16)26-31(28,29)20-12-6-11-18-21(20)25-30-24-18/h2-13,19,26H,14H2,1H3,(H,23,27). The van der Waals surface area contributed by atoms with E-state index in [1.807, 2.05) is 55.5 Å². The van der Waals surface area contributed by atoms with Crippen molar-refractivity contribution in [3.05, 3.63) is 83.9 Å². The fourth-order valence-corrected chi connectivity index (χ4v) is 5.20. The summed E-state index contributed by atoms with van der Waals surface area (Å²) >= 11 is 0.943. The summed E-state index contributed by atoms with van der Waals surface area (Å²) in [5.41, 5.74) is 3.21. The van der Waals surface area contributed by atoms with E-state index >= 15 is 0 Å². The first-order valence-electron chi connectivity index (χ1n) is 9.57. The van der Waals surface area contributed by atoms with Crippen molar-refractivity contribution in [2.75, 3.05) is 5.32 Å². The third-order valence-electron chi connectivity index (χ3n) is 4.72. The molecule has 7 nitrogen and oxygen atoms in total. The zero-order chi connectivity index (χ0) is 21.8. The molecule has 0 fully saturated rings. The molecule has 1 unspecified atom stereocenters. The highest BCUT2D eigenvalue weighted by Gasteiger charge is 2.28. The van der Waals surface area contributed by atoms with E-state index in [2.05, 4.69) is 18.8 Å². The lowest BCUT2D eigenvalue weighted by Gasteiger charge is -2.19. The molecule has 4 aromatic rings. The van der Waals surface area contributed by atoms with Crippen molar-refractivity contribution in [3.63, 3.8) is 0 Å². The van der Waals surface area contributed by atoms with Crippen molar-refractivity contribution >= 4 is 44.4 Å². The lowest BCUT2D eigenvalue weighted by molar-refractivity contribution is -0.117. The molecule has 0 bridgehead atoms. The number of aryl methyl sites for hydroxylation is 1. The summed E-state index contributed by atoms with van der Waals surface area (Å²) in [5, 5.41) is 2.82. The van der Waals surface area contributed by atoms with Crippen LogP contribution in [0.2, 0.25) is 0 Å². The van der Waals surface area contributed by atoms with E-state index in [0.717, 1.165) is 22.9 Å². The number of rotatable bonds is 7. The Morgan fingerprint density at radius 1 is 1.00 bits per heavy atom. The number of aromatic nitrogens is 2. The number of hydrogen-bond donors (Lipinski definition) is 2. The van der Waals surface area contributed by atoms with Gasteiger partial charge in [0.25, 0.3) is 0 Å². The van der Waals surface area contributed by atoms with Gasteiger partial charge >= 0.3 is 0 Å². The summed E-state index contributed by atoms with van der Waals surface area (Å²) in [4.78, 5) is 13.1. The molecule has 0 saturated carbocycles. The number of nitrogens with one attached hydrogen (secondary N) is 2. The third kappa shape index (κ3) is 4.96. The third-order valence-corrected chi connectivity index (χ3v) is 6.77. The topological polar surface area (TPSA) is 101 Å². The second-order valence-corrected chi connectivity index (χ2v) is 9.32. The van der Waals surface area contributed by atoms with Gasteiger partial charge in [-0.2, -0.15) is 13.5 Å². The van der Waals surface area contributed by atoms with E-state index in [1.54, 1.807) is 18.2 Å². The van der Waals surface area contributed by atoms with Crippen LogP contribution in [-0.2, 0) is 21.2 Å². The Kier molecular flexibility index (Phi) is 6.08. The van der Waals surface area contributed by atoms with E-state index in [0.29, 0.717) is 11.2 Å².